The second kappa shape index (κ2) is 4.11. The fourth-order valence-electron chi connectivity index (χ4n) is 2.31. The Morgan fingerprint density at radius 1 is 1.62 bits per heavy atom. The first-order valence-corrected chi connectivity index (χ1v) is 5.31. The molecule has 1 aliphatic rings. The summed E-state index contributed by atoms with van der Waals surface area (Å²) in [5.41, 5.74) is -0.213. The van der Waals surface area contributed by atoms with Gasteiger partial charge in [-0.3, -0.25) is 5.32 Å². The average Bonchev–Trinajstić information content (AvgIpc) is 2.48. The minimum atomic E-state index is -0.213. The van der Waals surface area contributed by atoms with Gasteiger partial charge in [0.15, 0.2) is 0 Å². The highest BCUT2D eigenvalue weighted by Gasteiger charge is 2.38. The summed E-state index contributed by atoms with van der Waals surface area (Å²) in [6.45, 7) is 6.43. The fraction of sp³-hybridized carbons (Fsp3) is 0.909. The lowest BCUT2D eigenvalue weighted by Crippen LogP contribution is -2.45. The van der Waals surface area contributed by atoms with Gasteiger partial charge in [-0.15, -0.1) is 0 Å². The number of nitrogens with one attached hydrogen (secondary N) is 1. The van der Waals surface area contributed by atoms with Crippen LogP contribution in [0.25, 0.3) is 0 Å². The molecule has 13 heavy (non-hydrogen) atoms. The number of nitrogens with zero attached hydrogens (tertiary/aromatic N) is 1. The molecule has 0 radical (unpaired) electrons. The van der Waals surface area contributed by atoms with Crippen LogP contribution < -0.4 is 5.32 Å². The Balaban J connectivity index is 2.58. The average molecular weight is 180 g/mol. The molecule has 2 heteroatoms. The Morgan fingerprint density at radius 2 is 2.31 bits per heavy atom. The van der Waals surface area contributed by atoms with Crippen molar-refractivity contribution in [2.45, 2.75) is 58.0 Å². The molecule has 0 aromatic rings. The van der Waals surface area contributed by atoms with Crippen molar-refractivity contribution in [1.82, 2.24) is 5.32 Å². The number of hydrogen-bond acceptors (Lipinski definition) is 2. The van der Waals surface area contributed by atoms with Crippen LogP contribution in [0, 0.1) is 17.2 Å². The summed E-state index contributed by atoms with van der Waals surface area (Å²) < 4.78 is 0. The van der Waals surface area contributed by atoms with Crippen molar-refractivity contribution in [3.05, 3.63) is 0 Å². The number of hydrogen-bond donors (Lipinski definition) is 1. The zero-order valence-corrected chi connectivity index (χ0v) is 8.93. The van der Waals surface area contributed by atoms with Crippen LogP contribution in [0.3, 0.4) is 0 Å². The van der Waals surface area contributed by atoms with E-state index in [9.17, 15) is 0 Å². The standard InChI is InChI=1S/C11H20N2/c1-4-10-5-6-11(7-10,8-12)13-9(2)3/h9-10,13H,4-7H2,1-3H3. The van der Waals surface area contributed by atoms with E-state index < -0.39 is 0 Å². The molecule has 2 nitrogen and oxygen atoms in total. The minimum absolute atomic E-state index is 0.213. The Hall–Kier alpha value is -0.550. The molecule has 2 atom stereocenters. The molecule has 1 saturated carbocycles. The van der Waals surface area contributed by atoms with Gasteiger partial charge in [0, 0.05) is 6.04 Å². The van der Waals surface area contributed by atoms with Crippen LogP contribution in [-0.2, 0) is 0 Å². The van der Waals surface area contributed by atoms with E-state index in [0.717, 1.165) is 18.8 Å². The first-order valence-electron chi connectivity index (χ1n) is 5.31. The van der Waals surface area contributed by atoms with Gasteiger partial charge in [-0.05, 0) is 39.0 Å². The van der Waals surface area contributed by atoms with Crippen molar-refractivity contribution in [2.24, 2.45) is 5.92 Å². The zero-order chi connectivity index (χ0) is 9.90. The van der Waals surface area contributed by atoms with Crippen molar-refractivity contribution in [3.63, 3.8) is 0 Å². The summed E-state index contributed by atoms with van der Waals surface area (Å²) >= 11 is 0. The molecule has 0 aromatic carbocycles. The quantitative estimate of drug-likeness (QED) is 0.724. The summed E-state index contributed by atoms with van der Waals surface area (Å²) in [6.07, 6.45) is 4.49. The Kier molecular flexibility index (Phi) is 3.33. The molecule has 2 unspecified atom stereocenters. The minimum Gasteiger partial charge on any atom is -0.297 e. The van der Waals surface area contributed by atoms with Gasteiger partial charge in [0.2, 0.25) is 0 Å². The molecule has 1 N–H and O–H groups in total. The molecule has 74 valence electrons. The molecular formula is C11H20N2. The van der Waals surface area contributed by atoms with Crippen LogP contribution in [0.15, 0.2) is 0 Å². The summed E-state index contributed by atoms with van der Waals surface area (Å²) in [6, 6.07) is 2.87. The van der Waals surface area contributed by atoms with Gasteiger partial charge in [-0.25, -0.2) is 0 Å². The van der Waals surface area contributed by atoms with E-state index in [1.165, 1.54) is 12.8 Å². The molecule has 0 saturated heterocycles. The largest absolute Gasteiger partial charge is 0.297 e. The van der Waals surface area contributed by atoms with Crippen LogP contribution in [-0.4, -0.2) is 11.6 Å². The van der Waals surface area contributed by atoms with E-state index in [1.54, 1.807) is 0 Å². The lowest BCUT2D eigenvalue weighted by molar-refractivity contribution is 0.368. The third-order valence-corrected chi connectivity index (χ3v) is 2.97. The molecule has 0 aromatic heterocycles. The van der Waals surface area contributed by atoms with Gasteiger partial charge < -0.3 is 0 Å². The van der Waals surface area contributed by atoms with E-state index in [-0.39, 0.29) is 5.54 Å². The van der Waals surface area contributed by atoms with Crippen molar-refractivity contribution in [1.29, 1.82) is 5.26 Å². The van der Waals surface area contributed by atoms with Crippen molar-refractivity contribution in [2.75, 3.05) is 0 Å². The normalized spacial score (nSPS) is 33.6. The van der Waals surface area contributed by atoms with Crippen LogP contribution in [0.5, 0.6) is 0 Å². The SMILES string of the molecule is CCC1CCC(C#N)(NC(C)C)C1. The highest BCUT2D eigenvalue weighted by molar-refractivity contribution is 5.11. The molecule has 1 fully saturated rings. The first-order chi connectivity index (χ1) is 6.12. The number of nitriles is 1. The molecule has 0 aliphatic heterocycles. The third-order valence-electron chi connectivity index (χ3n) is 2.97. The summed E-state index contributed by atoms with van der Waals surface area (Å²) in [4.78, 5) is 0. The van der Waals surface area contributed by atoms with Crippen LogP contribution in [0.4, 0.5) is 0 Å². The van der Waals surface area contributed by atoms with Crippen molar-refractivity contribution < 1.29 is 0 Å². The van der Waals surface area contributed by atoms with Gasteiger partial charge in [0.1, 0.15) is 5.54 Å². The molecule has 0 heterocycles. The molecule has 0 spiro atoms. The molecule has 0 amide bonds. The number of rotatable bonds is 3. The summed E-state index contributed by atoms with van der Waals surface area (Å²) in [5.74, 6) is 0.755. The lowest BCUT2D eigenvalue weighted by atomic mass is 9.96. The topological polar surface area (TPSA) is 35.8 Å². The summed E-state index contributed by atoms with van der Waals surface area (Å²) in [7, 11) is 0. The summed E-state index contributed by atoms with van der Waals surface area (Å²) in [5, 5.41) is 12.6. The maximum Gasteiger partial charge on any atom is 0.107 e. The second-order valence-corrected chi connectivity index (χ2v) is 4.51. The van der Waals surface area contributed by atoms with E-state index in [1.807, 2.05) is 0 Å². The zero-order valence-electron chi connectivity index (χ0n) is 8.93. The van der Waals surface area contributed by atoms with E-state index in [0.29, 0.717) is 6.04 Å². The predicted molar refractivity (Wildman–Crippen MR) is 54.2 cm³/mol. The monoisotopic (exact) mass is 180 g/mol. The van der Waals surface area contributed by atoms with E-state index in [2.05, 4.69) is 32.2 Å². The Labute approximate surface area is 81.3 Å². The predicted octanol–water partition coefficient (Wildman–Crippen LogP) is 2.46. The van der Waals surface area contributed by atoms with E-state index >= 15 is 0 Å². The highest BCUT2D eigenvalue weighted by Crippen LogP contribution is 2.36. The van der Waals surface area contributed by atoms with Gasteiger partial charge in [-0.1, -0.05) is 13.3 Å². The lowest BCUT2D eigenvalue weighted by Gasteiger charge is -2.25. The van der Waals surface area contributed by atoms with E-state index in [4.69, 9.17) is 5.26 Å². The molecule has 1 aliphatic carbocycles. The van der Waals surface area contributed by atoms with Crippen molar-refractivity contribution in [3.8, 4) is 6.07 Å². The Bertz CT molecular complexity index is 205. The van der Waals surface area contributed by atoms with Crippen LogP contribution >= 0.6 is 0 Å². The Morgan fingerprint density at radius 3 is 2.69 bits per heavy atom. The maximum atomic E-state index is 9.17. The molecular weight excluding hydrogens is 160 g/mol. The highest BCUT2D eigenvalue weighted by atomic mass is 15.0. The van der Waals surface area contributed by atoms with Gasteiger partial charge in [-0.2, -0.15) is 5.26 Å². The van der Waals surface area contributed by atoms with Gasteiger partial charge >= 0.3 is 0 Å². The third kappa shape index (κ3) is 2.45. The maximum absolute atomic E-state index is 9.17. The van der Waals surface area contributed by atoms with Gasteiger partial charge in [0.25, 0.3) is 0 Å². The first kappa shape index (κ1) is 10.5. The fourth-order valence-corrected chi connectivity index (χ4v) is 2.31. The smallest absolute Gasteiger partial charge is 0.107 e. The molecule has 1 rings (SSSR count). The van der Waals surface area contributed by atoms with Crippen LogP contribution in [0.2, 0.25) is 0 Å². The van der Waals surface area contributed by atoms with Crippen LogP contribution in [0.1, 0.15) is 46.5 Å². The second-order valence-electron chi connectivity index (χ2n) is 4.51. The van der Waals surface area contributed by atoms with Crippen molar-refractivity contribution >= 4 is 0 Å². The molecule has 0 bridgehead atoms. The van der Waals surface area contributed by atoms with Gasteiger partial charge in [0.05, 0.1) is 6.07 Å².